The standard InChI is InChI=1S/C13H21ClN2O3S/c1-9(2)7-16-20(17,18)12-6-11(14)5-10(8-15-3)13(12)19-4/h5-6,9,15-16H,7-8H2,1-4H3. The molecule has 1 aromatic rings. The Bertz CT molecular complexity index is 559. The zero-order valence-corrected chi connectivity index (χ0v) is 13.7. The highest BCUT2D eigenvalue weighted by atomic mass is 35.5. The van der Waals surface area contributed by atoms with Crippen molar-refractivity contribution in [3.05, 3.63) is 22.7 Å². The summed E-state index contributed by atoms with van der Waals surface area (Å²) in [5.74, 6) is 0.534. The van der Waals surface area contributed by atoms with Gasteiger partial charge in [0.15, 0.2) is 0 Å². The predicted molar refractivity (Wildman–Crippen MR) is 80.8 cm³/mol. The zero-order chi connectivity index (χ0) is 15.3. The van der Waals surface area contributed by atoms with Crippen LogP contribution in [0.25, 0.3) is 0 Å². The molecule has 0 heterocycles. The molecule has 2 N–H and O–H groups in total. The summed E-state index contributed by atoms with van der Waals surface area (Å²) in [5, 5.41) is 3.32. The van der Waals surface area contributed by atoms with E-state index in [0.29, 0.717) is 29.4 Å². The highest BCUT2D eigenvalue weighted by Crippen LogP contribution is 2.31. The van der Waals surface area contributed by atoms with Gasteiger partial charge in [0.25, 0.3) is 0 Å². The number of ether oxygens (including phenoxy) is 1. The van der Waals surface area contributed by atoms with E-state index in [1.807, 2.05) is 13.8 Å². The number of rotatable bonds is 7. The molecule has 0 aliphatic carbocycles. The Hall–Kier alpha value is -0.820. The number of nitrogens with one attached hydrogen (secondary N) is 2. The fourth-order valence-corrected chi connectivity index (χ4v) is 3.48. The van der Waals surface area contributed by atoms with Gasteiger partial charge in [-0.3, -0.25) is 0 Å². The van der Waals surface area contributed by atoms with E-state index < -0.39 is 10.0 Å². The van der Waals surface area contributed by atoms with Gasteiger partial charge in [-0.25, -0.2) is 13.1 Å². The van der Waals surface area contributed by atoms with Gasteiger partial charge in [-0.2, -0.15) is 0 Å². The van der Waals surface area contributed by atoms with E-state index in [1.165, 1.54) is 13.2 Å². The molecule has 0 radical (unpaired) electrons. The van der Waals surface area contributed by atoms with Crippen LogP contribution in [0.1, 0.15) is 19.4 Å². The molecule has 5 nitrogen and oxygen atoms in total. The molecule has 0 aliphatic heterocycles. The molecular formula is C13H21ClN2O3S. The lowest BCUT2D eigenvalue weighted by Gasteiger charge is -2.16. The summed E-state index contributed by atoms with van der Waals surface area (Å²) in [6.07, 6.45) is 0. The molecule has 1 aromatic carbocycles. The number of hydrogen-bond acceptors (Lipinski definition) is 4. The molecule has 0 saturated carbocycles. The van der Waals surface area contributed by atoms with Gasteiger partial charge >= 0.3 is 0 Å². The summed E-state index contributed by atoms with van der Waals surface area (Å²) >= 11 is 6.01. The van der Waals surface area contributed by atoms with E-state index in [0.717, 1.165) is 0 Å². The Morgan fingerprint density at radius 2 is 2.00 bits per heavy atom. The second-order valence-corrected chi connectivity index (χ2v) is 7.04. The normalized spacial score (nSPS) is 11.9. The molecular weight excluding hydrogens is 300 g/mol. The van der Waals surface area contributed by atoms with Crippen molar-refractivity contribution in [1.82, 2.24) is 10.0 Å². The molecule has 0 amide bonds. The minimum Gasteiger partial charge on any atom is -0.495 e. The molecule has 20 heavy (non-hydrogen) atoms. The van der Waals surface area contributed by atoms with Gasteiger partial charge in [0.1, 0.15) is 10.6 Å². The Labute approximate surface area is 125 Å². The maximum Gasteiger partial charge on any atom is 0.244 e. The minimum atomic E-state index is -3.65. The Morgan fingerprint density at radius 3 is 2.50 bits per heavy atom. The SMILES string of the molecule is CNCc1cc(Cl)cc(S(=O)(=O)NCC(C)C)c1OC. The molecule has 0 spiro atoms. The largest absolute Gasteiger partial charge is 0.495 e. The van der Waals surface area contributed by atoms with Gasteiger partial charge in [-0.1, -0.05) is 25.4 Å². The first kappa shape index (κ1) is 17.2. The number of benzene rings is 1. The highest BCUT2D eigenvalue weighted by molar-refractivity contribution is 7.89. The van der Waals surface area contributed by atoms with Crippen molar-refractivity contribution in [2.24, 2.45) is 5.92 Å². The van der Waals surface area contributed by atoms with Crippen LogP contribution >= 0.6 is 11.6 Å². The summed E-state index contributed by atoms with van der Waals surface area (Å²) in [4.78, 5) is 0.0680. The molecule has 0 saturated heterocycles. The monoisotopic (exact) mass is 320 g/mol. The summed E-state index contributed by atoms with van der Waals surface area (Å²) in [6.45, 7) is 4.70. The van der Waals surface area contributed by atoms with Crippen LogP contribution in [-0.4, -0.2) is 29.1 Å². The third-order valence-electron chi connectivity index (χ3n) is 2.64. The van der Waals surface area contributed by atoms with E-state index in [1.54, 1.807) is 13.1 Å². The van der Waals surface area contributed by atoms with E-state index in [9.17, 15) is 8.42 Å². The van der Waals surface area contributed by atoms with Crippen molar-refractivity contribution in [3.63, 3.8) is 0 Å². The van der Waals surface area contributed by atoms with Gasteiger partial charge < -0.3 is 10.1 Å². The second-order valence-electron chi connectivity index (χ2n) is 4.87. The Kier molecular flexibility index (Phi) is 6.26. The van der Waals surface area contributed by atoms with Gasteiger partial charge in [-0.05, 0) is 25.1 Å². The maximum absolute atomic E-state index is 12.4. The predicted octanol–water partition coefficient (Wildman–Crippen LogP) is 2.00. The molecule has 0 bridgehead atoms. The average molecular weight is 321 g/mol. The van der Waals surface area contributed by atoms with E-state index in [4.69, 9.17) is 16.3 Å². The summed E-state index contributed by atoms with van der Waals surface area (Å²) < 4.78 is 32.5. The van der Waals surface area contributed by atoms with E-state index in [2.05, 4.69) is 10.0 Å². The van der Waals surface area contributed by atoms with E-state index >= 15 is 0 Å². The number of methoxy groups -OCH3 is 1. The number of hydrogen-bond donors (Lipinski definition) is 2. The van der Waals surface area contributed by atoms with Crippen LogP contribution in [-0.2, 0) is 16.6 Å². The number of sulfonamides is 1. The van der Waals surface area contributed by atoms with Crippen LogP contribution in [0, 0.1) is 5.92 Å². The van der Waals surface area contributed by atoms with Crippen molar-refractivity contribution >= 4 is 21.6 Å². The molecule has 7 heteroatoms. The van der Waals surface area contributed by atoms with Crippen LogP contribution < -0.4 is 14.8 Å². The highest BCUT2D eigenvalue weighted by Gasteiger charge is 2.22. The van der Waals surface area contributed by atoms with Gasteiger partial charge in [0.2, 0.25) is 10.0 Å². The maximum atomic E-state index is 12.4. The minimum absolute atomic E-state index is 0.0680. The van der Waals surface area contributed by atoms with Crippen molar-refractivity contribution in [1.29, 1.82) is 0 Å². The van der Waals surface area contributed by atoms with Crippen molar-refractivity contribution in [3.8, 4) is 5.75 Å². The fraction of sp³-hybridized carbons (Fsp3) is 0.538. The number of halogens is 1. The summed E-state index contributed by atoms with van der Waals surface area (Å²) in [5.41, 5.74) is 0.701. The van der Waals surface area contributed by atoms with Crippen LogP contribution in [0.3, 0.4) is 0 Å². The van der Waals surface area contributed by atoms with E-state index in [-0.39, 0.29) is 10.8 Å². The van der Waals surface area contributed by atoms with Crippen LogP contribution in [0.5, 0.6) is 5.75 Å². The average Bonchev–Trinajstić information content (AvgIpc) is 2.36. The lowest BCUT2D eigenvalue weighted by atomic mass is 10.2. The Balaban J connectivity index is 3.28. The van der Waals surface area contributed by atoms with Crippen LogP contribution in [0.15, 0.2) is 17.0 Å². The molecule has 0 atom stereocenters. The first-order valence-electron chi connectivity index (χ1n) is 6.32. The van der Waals surface area contributed by atoms with Crippen LogP contribution in [0.2, 0.25) is 5.02 Å². The molecule has 0 aliphatic rings. The van der Waals surface area contributed by atoms with Gasteiger partial charge in [-0.15, -0.1) is 0 Å². The molecule has 0 unspecified atom stereocenters. The third kappa shape index (κ3) is 4.34. The van der Waals surface area contributed by atoms with Crippen molar-refractivity contribution in [2.75, 3.05) is 20.7 Å². The van der Waals surface area contributed by atoms with Crippen molar-refractivity contribution < 1.29 is 13.2 Å². The topological polar surface area (TPSA) is 67.4 Å². The summed E-state index contributed by atoms with van der Waals surface area (Å²) in [6, 6.07) is 3.10. The molecule has 0 aromatic heterocycles. The molecule has 1 rings (SSSR count). The summed E-state index contributed by atoms with van der Waals surface area (Å²) in [7, 11) is -0.431. The molecule has 114 valence electrons. The van der Waals surface area contributed by atoms with Crippen LogP contribution in [0.4, 0.5) is 0 Å². The molecule has 0 fully saturated rings. The van der Waals surface area contributed by atoms with Gasteiger partial charge in [0.05, 0.1) is 7.11 Å². The quantitative estimate of drug-likeness (QED) is 0.806. The first-order chi connectivity index (χ1) is 9.31. The lowest BCUT2D eigenvalue weighted by Crippen LogP contribution is -2.28. The van der Waals surface area contributed by atoms with Gasteiger partial charge in [0, 0.05) is 23.7 Å². The fourth-order valence-electron chi connectivity index (χ4n) is 1.73. The Morgan fingerprint density at radius 1 is 1.35 bits per heavy atom. The third-order valence-corrected chi connectivity index (χ3v) is 4.29. The zero-order valence-electron chi connectivity index (χ0n) is 12.2. The lowest BCUT2D eigenvalue weighted by molar-refractivity contribution is 0.396. The first-order valence-corrected chi connectivity index (χ1v) is 8.18. The van der Waals surface area contributed by atoms with Crippen molar-refractivity contribution in [2.45, 2.75) is 25.3 Å². The second kappa shape index (κ2) is 7.26. The smallest absolute Gasteiger partial charge is 0.244 e.